The van der Waals surface area contributed by atoms with E-state index < -0.39 is 0 Å². The summed E-state index contributed by atoms with van der Waals surface area (Å²) >= 11 is 1.62. The normalized spacial score (nSPS) is 24.3. The highest BCUT2D eigenvalue weighted by atomic mass is 32.1. The van der Waals surface area contributed by atoms with Gasteiger partial charge in [-0.05, 0) is 56.7 Å². The van der Waals surface area contributed by atoms with Gasteiger partial charge in [-0.3, -0.25) is 9.59 Å². The van der Waals surface area contributed by atoms with Gasteiger partial charge in [0.2, 0.25) is 11.8 Å². The van der Waals surface area contributed by atoms with Gasteiger partial charge in [-0.25, -0.2) is 0 Å². The highest BCUT2D eigenvalue weighted by molar-refractivity contribution is 7.10. The van der Waals surface area contributed by atoms with Crippen molar-refractivity contribution in [1.82, 2.24) is 4.90 Å². The van der Waals surface area contributed by atoms with Crippen molar-refractivity contribution in [2.75, 3.05) is 24.6 Å². The van der Waals surface area contributed by atoms with Crippen LogP contribution in [-0.4, -0.2) is 42.5 Å². The topological polar surface area (TPSA) is 49.9 Å². The molecule has 160 valence electrons. The van der Waals surface area contributed by atoms with Crippen molar-refractivity contribution in [2.45, 2.75) is 51.7 Å². The minimum absolute atomic E-state index is 0.0866. The van der Waals surface area contributed by atoms with Crippen molar-refractivity contribution in [3.8, 4) is 0 Å². The number of likely N-dealkylation sites (N-methyl/N-ethyl adjacent to an activating group) is 1. The third-order valence-corrected chi connectivity index (χ3v) is 7.15. The third-order valence-electron chi connectivity index (χ3n) is 6.20. The van der Waals surface area contributed by atoms with Gasteiger partial charge in [0.25, 0.3) is 0 Å². The number of benzene rings is 1. The van der Waals surface area contributed by atoms with Crippen LogP contribution in [0.3, 0.4) is 0 Å². The van der Waals surface area contributed by atoms with E-state index in [9.17, 15) is 9.59 Å². The molecule has 2 aromatic rings. The van der Waals surface area contributed by atoms with Gasteiger partial charge in [0.1, 0.15) is 0 Å². The molecule has 2 amide bonds. The van der Waals surface area contributed by atoms with Gasteiger partial charge >= 0.3 is 0 Å². The van der Waals surface area contributed by atoms with Crippen LogP contribution in [0.15, 0.2) is 41.8 Å². The number of thiophene rings is 1. The third kappa shape index (κ3) is 4.30. The van der Waals surface area contributed by atoms with Gasteiger partial charge in [0.15, 0.2) is 0 Å². The number of piperidine rings is 1. The minimum Gasteiger partial charge on any atom is -0.376 e. The number of aryl methyl sites for hydroxylation is 1. The molecule has 0 spiro atoms. The van der Waals surface area contributed by atoms with Gasteiger partial charge in [0, 0.05) is 36.7 Å². The molecule has 2 fully saturated rings. The first-order chi connectivity index (χ1) is 14.6. The Hall–Kier alpha value is -2.18. The molecule has 0 N–H and O–H groups in total. The lowest BCUT2D eigenvalue weighted by atomic mass is 9.85. The Labute approximate surface area is 182 Å². The molecule has 0 radical (unpaired) electrons. The monoisotopic (exact) mass is 426 g/mol. The maximum atomic E-state index is 13.7. The number of nitrogens with zero attached hydrogens (tertiary/aromatic N) is 2. The molecule has 2 aliphatic rings. The van der Waals surface area contributed by atoms with Crippen LogP contribution in [0.5, 0.6) is 0 Å². The van der Waals surface area contributed by atoms with Crippen LogP contribution < -0.4 is 4.90 Å². The molecular formula is C24H30N2O3S. The van der Waals surface area contributed by atoms with E-state index in [1.54, 1.807) is 11.3 Å². The van der Waals surface area contributed by atoms with Gasteiger partial charge in [-0.2, -0.15) is 0 Å². The van der Waals surface area contributed by atoms with Crippen molar-refractivity contribution in [1.29, 1.82) is 0 Å². The Morgan fingerprint density at radius 2 is 2.03 bits per heavy atom. The fourth-order valence-corrected chi connectivity index (χ4v) is 5.47. The number of carbonyl (C=O) groups excluding carboxylic acids is 2. The predicted molar refractivity (Wildman–Crippen MR) is 120 cm³/mol. The summed E-state index contributed by atoms with van der Waals surface area (Å²) in [5.74, 6) is -0.0245. The summed E-state index contributed by atoms with van der Waals surface area (Å²) in [6.07, 6.45) is 3.19. The summed E-state index contributed by atoms with van der Waals surface area (Å²) in [5, 5.41) is 2.02. The zero-order valence-electron chi connectivity index (χ0n) is 17.8. The molecule has 3 heterocycles. The second-order valence-electron chi connectivity index (χ2n) is 8.22. The van der Waals surface area contributed by atoms with Gasteiger partial charge in [-0.15, -0.1) is 11.3 Å². The first-order valence-electron chi connectivity index (χ1n) is 10.9. The first kappa shape index (κ1) is 21.1. The maximum absolute atomic E-state index is 13.7. The van der Waals surface area contributed by atoms with E-state index in [1.165, 1.54) is 0 Å². The van der Waals surface area contributed by atoms with E-state index in [1.807, 2.05) is 65.4 Å². The van der Waals surface area contributed by atoms with Crippen molar-refractivity contribution in [3.63, 3.8) is 0 Å². The molecule has 0 aliphatic carbocycles. The lowest BCUT2D eigenvalue weighted by Gasteiger charge is -2.42. The van der Waals surface area contributed by atoms with Gasteiger partial charge in [0.05, 0.1) is 18.1 Å². The highest BCUT2D eigenvalue weighted by Gasteiger charge is 2.43. The van der Waals surface area contributed by atoms with Crippen LogP contribution in [-0.2, 0) is 14.3 Å². The van der Waals surface area contributed by atoms with Crippen LogP contribution in [0.1, 0.15) is 49.1 Å². The van der Waals surface area contributed by atoms with E-state index in [0.717, 1.165) is 35.6 Å². The minimum atomic E-state index is -0.264. The molecule has 3 unspecified atom stereocenters. The number of amides is 2. The second-order valence-corrected chi connectivity index (χ2v) is 9.20. The first-order valence-corrected chi connectivity index (χ1v) is 11.8. The zero-order chi connectivity index (χ0) is 21.1. The van der Waals surface area contributed by atoms with Crippen molar-refractivity contribution in [2.24, 2.45) is 5.92 Å². The molecule has 2 aliphatic heterocycles. The molecule has 4 rings (SSSR count). The number of hydrogen-bond acceptors (Lipinski definition) is 4. The maximum Gasteiger partial charge on any atom is 0.228 e. The fraction of sp³-hybridized carbons (Fsp3) is 0.500. The van der Waals surface area contributed by atoms with Gasteiger partial charge < -0.3 is 14.5 Å². The lowest BCUT2D eigenvalue weighted by Crippen LogP contribution is -2.50. The van der Waals surface area contributed by atoms with E-state index in [0.29, 0.717) is 25.9 Å². The molecule has 6 heteroatoms. The summed E-state index contributed by atoms with van der Waals surface area (Å²) in [4.78, 5) is 31.6. The number of anilines is 1. The van der Waals surface area contributed by atoms with Gasteiger partial charge in [-0.1, -0.05) is 23.8 Å². The Balaban J connectivity index is 1.66. The smallest absolute Gasteiger partial charge is 0.228 e. The molecule has 30 heavy (non-hydrogen) atoms. The Bertz CT molecular complexity index is 859. The molecule has 0 bridgehead atoms. The van der Waals surface area contributed by atoms with E-state index >= 15 is 0 Å². The Morgan fingerprint density at radius 1 is 1.23 bits per heavy atom. The molecule has 1 aromatic heterocycles. The number of hydrogen-bond donors (Lipinski definition) is 0. The van der Waals surface area contributed by atoms with Crippen molar-refractivity contribution < 1.29 is 14.3 Å². The van der Waals surface area contributed by atoms with Crippen LogP contribution in [0.2, 0.25) is 0 Å². The quantitative estimate of drug-likeness (QED) is 0.680. The lowest BCUT2D eigenvalue weighted by molar-refractivity contribution is -0.139. The standard InChI is InChI=1S/C24H30N2O3S/c1-3-25(16-19-6-4-14-29-19)24(28)20-12-13-22(27)26(18-10-8-17(2)9-11-18)23(20)21-7-5-15-30-21/h5,7-11,15,19-20,23H,3-4,6,12-14,16H2,1-2H3. The Kier molecular flexibility index (Phi) is 6.54. The van der Waals surface area contributed by atoms with Crippen molar-refractivity contribution in [3.05, 3.63) is 52.2 Å². The SMILES string of the molecule is CCN(CC1CCCO1)C(=O)C1CCC(=O)N(c2ccc(C)cc2)C1c1cccs1. The number of rotatable bonds is 6. The number of ether oxygens (including phenoxy) is 1. The molecular weight excluding hydrogens is 396 g/mol. The van der Waals surface area contributed by atoms with Crippen molar-refractivity contribution >= 4 is 28.8 Å². The average molecular weight is 427 g/mol. The van der Waals surface area contributed by atoms with E-state index in [2.05, 4.69) is 0 Å². The van der Waals surface area contributed by atoms with E-state index in [4.69, 9.17) is 4.74 Å². The summed E-state index contributed by atoms with van der Waals surface area (Å²) in [5.41, 5.74) is 2.01. The summed E-state index contributed by atoms with van der Waals surface area (Å²) in [7, 11) is 0. The van der Waals surface area contributed by atoms with Crippen LogP contribution in [0.4, 0.5) is 5.69 Å². The molecule has 3 atom stereocenters. The zero-order valence-corrected chi connectivity index (χ0v) is 18.6. The molecule has 5 nitrogen and oxygen atoms in total. The summed E-state index contributed by atoms with van der Waals surface area (Å²) in [6, 6.07) is 11.8. The molecule has 0 saturated carbocycles. The van der Waals surface area contributed by atoms with Crippen LogP contribution in [0.25, 0.3) is 0 Å². The molecule has 1 aromatic carbocycles. The fourth-order valence-electron chi connectivity index (χ4n) is 4.59. The summed E-state index contributed by atoms with van der Waals surface area (Å²) in [6.45, 7) is 6.15. The second kappa shape index (κ2) is 9.31. The summed E-state index contributed by atoms with van der Waals surface area (Å²) < 4.78 is 5.78. The van der Waals surface area contributed by atoms with Crippen LogP contribution >= 0.6 is 11.3 Å². The molecule has 2 saturated heterocycles. The largest absolute Gasteiger partial charge is 0.376 e. The highest BCUT2D eigenvalue weighted by Crippen LogP contribution is 2.42. The number of carbonyl (C=O) groups is 2. The van der Waals surface area contributed by atoms with Crippen LogP contribution in [0, 0.1) is 12.8 Å². The average Bonchev–Trinajstić information content (AvgIpc) is 3.46. The predicted octanol–water partition coefficient (Wildman–Crippen LogP) is 4.57. The Morgan fingerprint density at radius 3 is 2.67 bits per heavy atom. The van der Waals surface area contributed by atoms with E-state index in [-0.39, 0.29) is 29.9 Å².